The van der Waals surface area contributed by atoms with Crippen molar-refractivity contribution < 1.29 is 48.0 Å². The number of rotatable bonds is 11. The number of aromatic amines is 1. The van der Waals surface area contributed by atoms with Gasteiger partial charge in [0.25, 0.3) is 5.56 Å². The summed E-state index contributed by atoms with van der Waals surface area (Å²) in [5.74, 6) is 0.00112. The minimum Gasteiger partial charge on any atom is -0.394 e. The van der Waals surface area contributed by atoms with Gasteiger partial charge in [0, 0.05) is 20.0 Å². The van der Waals surface area contributed by atoms with Gasteiger partial charge in [0.15, 0.2) is 11.2 Å². The Morgan fingerprint density at radius 3 is 2.78 bits per heavy atom. The lowest BCUT2D eigenvalue weighted by Gasteiger charge is -2.30. The number of nitrogens with one attached hydrogen (secondary N) is 2. The van der Waals surface area contributed by atoms with Crippen molar-refractivity contribution in [2.45, 2.75) is 56.1 Å². The Labute approximate surface area is 231 Å². The van der Waals surface area contributed by atoms with Crippen molar-refractivity contribution in [3.8, 4) is 0 Å². The summed E-state index contributed by atoms with van der Waals surface area (Å²) in [4.78, 5) is 42.3. The fourth-order valence-electron chi connectivity index (χ4n) is 4.55. The van der Waals surface area contributed by atoms with Crippen molar-refractivity contribution in [2.24, 2.45) is 15.7 Å². The van der Waals surface area contributed by atoms with Crippen LogP contribution in [-0.2, 0) is 27.8 Å². The summed E-state index contributed by atoms with van der Waals surface area (Å²) < 4.78 is 41.0. The number of H-pyrrole nitrogens is 1. The molecule has 226 valence electrons. The monoisotopic (exact) mass is 603 g/mol. The van der Waals surface area contributed by atoms with Crippen LogP contribution in [0.5, 0.6) is 0 Å². The number of aromatic nitrogens is 4. The first kappa shape index (κ1) is 29.5. The molecule has 2 fully saturated rings. The molecule has 8 atom stereocenters. The molecule has 0 saturated carbocycles. The number of aliphatic hydroxyl groups is 3. The largest absolute Gasteiger partial charge is 0.472 e. The summed E-state index contributed by atoms with van der Waals surface area (Å²) in [7, 11) is -3.28. The summed E-state index contributed by atoms with van der Waals surface area (Å²) in [5.41, 5.74) is 5.19. The van der Waals surface area contributed by atoms with Crippen LogP contribution < -0.4 is 16.6 Å². The standard InChI is InChI=1S/C20H30N9O11P/c1-36-8-24-19-25-16-15(17(32)26-19)22-6-28(16)13-2-9(31)12(39-13)5-37-41(34,35)40-10-3-14(38-11(10)4-30)29-7-23-18(21)27-20(29)33/h6-7,9-14,20,30-31,33H,2-5,8H2,1H3,(H2,21,27)(H,34,35)(H2,24,25,26,32)/t9?,10?,11-,12-,13-,14-,20?/m1/s1. The fourth-order valence-corrected chi connectivity index (χ4v) is 5.51. The molecule has 41 heavy (non-hydrogen) atoms. The molecule has 0 aliphatic carbocycles. The lowest BCUT2D eigenvalue weighted by atomic mass is 10.2. The normalized spacial score (nSPS) is 31.5. The maximum Gasteiger partial charge on any atom is 0.472 e. The fraction of sp³-hybridized carbons (Fsp3) is 0.650. The predicted molar refractivity (Wildman–Crippen MR) is 137 cm³/mol. The number of nitrogens with two attached hydrogens (primary N) is 1. The Bertz CT molecular complexity index is 1400. The highest BCUT2D eigenvalue weighted by atomic mass is 31.2. The summed E-state index contributed by atoms with van der Waals surface area (Å²) in [6.45, 7) is -0.994. The molecule has 0 radical (unpaired) electrons. The molecule has 4 unspecified atom stereocenters. The maximum absolute atomic E-state index is 12.8. The van der Waals surface area contributed by atoms with Crippen LogP contribution in [0, 0.1) is 0 Å². The number of guanidine groups is 1. The van der Waals surface area contributed by atoms with Crippen LogP contribution in [0.2, 0.25) is 0 Å². The zero-order chi connectivity index (χ0) is 29.3. The molecule has 3 aliphatic rings. The number of hydrogen-bond acceptors (Lipinski definition) is 17. The van der Waals surface area contributed by atoms with Gasteiger partial charge in [0.2, 0.25) is 18.3 Å². The van der Waals surface area contributed by atoms with Gasteiger partial charge in [-0.15, -0.1) is 0 Å². The van der Waals surface area contributed by atoms with E-state index >= 15 is 0 Å². The summed E-state index contributed by atoms with van der Waals surface area (Å²) in [6.07, 6.45) is -4.88. The Kier molecular flexibility index (Phi) is 8.66. The Hall–Kier alpha value is -3.04. The molecule has 0 aromatic carbocycles. The second-order valence-corrected chi connectivity index (χ2v) is 10.7. The molecule has 21 heteroatoms. The molecule has 5 rings (SSSR count). The van der Waals surface area contributed by atoms with Gasteiger partial charge in [0.1, 0.15) is 43.8 Å². The van der Waals surface area contributed by atoms with Crippen molar-refractivity contribution in [1.29, 1.82) is 0 Å². The second kappa shape index (κ2) is 12.1. The van der Waals surface area contributed by atoms with E-state index in [4.69, 9.17) is 29.0 Å². The van der Waals surface area contributed by atoms with Gasteiger partial charge in [-0.3, -0.25) is 28.3 Å². The zero-order valence-electron chi connectivity index (χ0n) is 21.6. The molecule has 2 aromatic rings. The van der Waals surface area contributed by atoms with Gasteiger partial charge in [-0.05, 0) is 0 Å². The zero-order valence-corrected chi connectivity index (χ0v) is 22.5. The molecule has 3 aliphatic heterocycles. The lowest BCUT2D eigenvalue weighted by Crippen LogP contribution is -2.45. The van der Waals surface area contributed by atoms with Crippen molar-refractivity contribution in [2.75, 3.05) is 32.4 Å². The minimum absolute atomic E-state index is 0.0445. The number of hydrogen-bond donors (Lipinski definition) is 7. The molecular weight excluding hydrogens is 573 g/mol. The lowest BCUT2D eigenvalue weighted by molar-refractivity contribution is -0.0973. The molecule has 2 aromatic heterocycles. The van der Waals surface area contributed by atoms with Gasteiger partial charge < -0.3 is 45.5 Å². The topological polar surface area (TPSA) is 274 Å². The van der Waals surface area contributed by atoms with E-state index in [2.05, 4.69) is 30.3 Å². The maximum atomic E-state index is 12.8. The van der Waals surface area contributed by atoms with Gasteiger partial charge in [-0.1, -0.05) is 0 Å². The quantitative estimate of drug-likeness (QED) is 0.102. The molecule has 2 saturated heterocycles. The molecule has 5 heterocycles. The number of nitrogens with zero attached hydrogens (tertiary/aromatic N) is 6. The van der Waals surface area contributed by atoms with E-state index in [1.54, 1.807) is 0 Å². The highest BCUT2D eigenvalue weighted by Gasteiger charge is 2.45. The van der Waals surface area contributed by atoms with Crippen molar-refractivity contribution >= 4 is 37.2 Å². The van der Waals surface area contributed by atoms with Crippen LogP contribution in [0.1, 0.15) is 19.1 Å². The summed E-state index contributed by atoms with van der Waals surface area (Å²) in [6, 6.07) is 0. The van der Waals surface area contributed by atoms with Crippen LogP contribution in [0.4, 0.5) is 5.95 Å². The van der Waals surface area contributed by atoms with E-state index in [0.29, 0.717) is 0 Å². The SMILES string of the molecule is COCNc1nc2c(ncn2[C@H]2CC(O)[C@@H](COP(=O)(O)OC3C[C@H](N4C=NC(N)=NC4O)O[C@@H]3CO)O2)c(=O)[nH]1. The predicted octanol–water partition coefficient (Wildman–Crippen LogP) is -2.67. The number of imidazole rings is 1. The van der Waals surface area contributed by atoms with Crippen molar-refractivity contribution in [3.05, 3.63) is 16.7 Å². The number of phosphoric acid groups is 1. The van der Waals surface area contributed by atoms with E-state index in [-0.39, 0.29) is 42.6 Å². The number of ether oxygens (including phenoxy) is 3. The highest BCUT2D eigenvalue weighted by Crippen LogP contribution is 2.48. The minimum atomic E-state index is -4.75. The van der Waals surface area contributed by atoms with Crippen molar-refractivity contribution in [1.82, 2.24) is 24.4 Å². The number of aliphatic imine (C=N–C) groups is 2. The van der Waals surface area contributed by atoms with E-state index in [1.807, 2.05) is 0 Å². The first-order valence-electron chi connectivity index (χ1n) is 12.4. The van der Waals surface area contributed by atoms with Crippen molar-refractivity contribution in [3.63, 3.8) is 0 Å². The number of methoxy groups -OCH3 is 1. The van der Waals surface area contributed by atoms with Crippen LogP contribution in [0.3, 0.4) is 0 Å². The molecule has 8 N–H and O–H groups in total. The van der Waals surface area contributed by atoms with Gasteiger partial charge >= 0.3 is 7.82 Å². The Morgan fingerprint density at radius 1 is 1.27 bits per heavy atom. The number of aliphatic hydroxyl groups excluding tert-OH is 3. The number of anilines is 1. The summed E-state index contributed by atoms with van der Waals surface area (Å²) in [5, 5.41) is 33.1. The third kappa shape index (κ3) is 6.41. The van der Waals surface area contributed by atoms with Crippen LogP contribution in [-0.4, -0.2) is 121 Å². The van der Waals surface area contributed by atoms with E-state index in [0.717, 1.165) is 0 Å². The van der Waals surface area contributed by atoms with E-state index in [1.165, 1.54) is 29.2 Å². The van der Waals surface area contributed by atoms with Gasteiger partial charge in [-0.25, -0.2) is 14.5 Å². The molecule has 0 amide bonds. The molecular formula is C20H30N9O11P. The summed E-state index contributed by atoms with van der Waals surface area (Å²) >= 11 is 0. The molecule has 0 bridgehead atoms. The van der Waals surface area contributed by atoms with Crippen LogP contribution >= 0.6 is 7.82 Å². The second-order valence-electron chi connectivity index (χ2n) is 9.26. The van der Waals surface area contributed by atoms with E-state index in [9.17, 15) is 29.6 Å². The smallest absolute Gasteiger partial charge is 0.394 e. The Morgan fingerprint density at radius 2 is 2.05 bits per heavy atom. The van der Waals surface area contributed by atoms with Gasteiger partial charge in [-0.2, -0.15) is 9.98 Å². The number of phosphoric ester groups is 1. The number of fused-ring (bicyclic) bond motifs is 1. The van der Waals surface area contributed by atoms with Crippen LogP contribution in [0.25, 0.3) is 11.2 Å². The Balaban J connectivity index is 1.20. The van der Waals surface area contributed by atoms with Crippen LogP contribution in [0.15, 0.2) is 21.1 Å². The van der Waals surface area contributed by atoms with E-state index < -0.39 is 69.8 Å². The first-order valence-corrected chi connectivity index (χ1v) is 13.9. The average Bonchev–Trinajstić information content (AvgIpc) is 3.62. The molecule has 20 nitrogen and oxygen atoms in total. The average molecular weight is 603 g/mol. The van der Waals surface area contributed by atoms with Gasteiger partial charge in [0.05, 0.1) is 25.6 Å². The molecule has 0 spiro atoms. The first-order chi connectivity index (χ1) is 19.6. The third-order valence-corrected chi connectivity index (χ3v) is 7.54. The highest BCUT2D eigenvalue weighted by molar-refractivity contribution is 7.47. The third-order valence-electron chi connectivity index (χ3n) is 6.53.